The van der Waals surface area contributed by atoms with E-state index in [0.717, 1.165) is 19.1 Å². The van der Waals surface area contributed by atoms with Gasteiger partial charge in [0.15, 0.2) is 0 Å². The third-order valence-electron chi connectivity index (χ3n) is 3.55. The van der Waals surface area contributed by atoms with Crippen molar-refractivity contribution in [3.8, 4) is 0 Å². The lowest BCUT2D eigenvalue weighted by atomic mass is 10.2. The zero-order chi connectivity index (χ0) is 11.0. The van der Waals surface area contributed by atoms with Crippen LogP contribution >= 0.6 is 0 Å². The van der Waals surface area contributed by atoms with Crippen molar-refractivity contribution in [3.05, 3.63) is 12.4 Å². The molecule has 88 valence electrons. The van der Waals surface area contributed by atoms with Crippen LogP contribution in [0.5, 0.6) is 0 Å². The molecule has 0 radical (unpaired) electrons. The van der Waals surface area contributed by atoms with E-state index in [1.54, 1.807) is 0 Å². The second kappa shape index (κ2) is 4.09. The van der Waals surface area contributed by atoms with Gasteiger partial charge in [0.25, 0.3) is 0 Å². The molecule has 1 saturated heterocycles. The second-order valence-electron chi connectivity index (χ2n) is 4.93. The highest BCUT2D eigenvalue weighted by molar-refractivity contribution is 5.43. The molecule has 0 amide bonds. The maximum absolute atomic E-state index is 4.33. The number of aromatic nitrogens is 2. The maximum Gasteiger partial charge on any atom is 0.0753 e. The summed E-state index contributed by atoms with van der Waals surface area (Å²) in [6, 6.07) is 1.51. The summed E-state index contributed by atoms with van der Waals surface area (Å²) in [6.07, 6.45) is 8.17. The van der Waals surface area contributed by atoms with E-state index in [0.29, 0.717) is 6.04 Å². The Morgan fingerprint density at radius 2 is 2.25 bits per heavy atom. The number of nitrogens with one attached hydrogen (secondary N) is 1. The summed E-state index contributed by atoms with van der Waals surface area (Å²) < 4.78 is 2.00. The van der Waals surface area contributed by atoms with Crippen LogP contribution in [0.1, 0.15) is 26.2 Å². The highest BCUT2D eigenvalue weighted by Crippen LogP contribution is 2.24. The van der Waals surface area contributed by atoms with Crippen LogP contribution in [-0.4, -0.2) is 35.0 Å². The molecular weight excluding hydrogens is 200 g/mol. The molecule has 0 bridgehead atoms. The van der Waals surface area contributed by atoms with Gasteiger partial charge < -0.3 is 10.2 Å². The van der Waals surface area contributed by atoms with E-state index in [-0.39, 0.29) is 0 Å². The normalized spacial score (nSPS) is 25.3. The quantitative estimate of drug-likeness (QED) is 0.828. The molecule has 1 aliphatic heterocycles. The van der Waals surface area contributed by atoms with Crippen LogP contribution in [0.4, 0.5) is 5.69 Å². The molecule has 3 rings (SSSR count). The summed E-state index contributed by atoms with van der Waals surface area (Å²) in [5.41, 5.74) is 1.28. The van der Waals surface area contributed by atoms with Crippen molar-refractivity contribution in [2.75, 3.05) is 18.0 Å². The van der Waals surface area contributed by atoms with E-state index in [4.69, 9.17) is 0 Å². The Balaban J connectivity index is 1.59. The third-order valence-corrected chi connectivity index (χ3v) is 3.55. The van der Waals surface area contributed by atoms with Gasteiger partial charge in [-0.15, -0.1) is 0 Å². The van der Waals surface area contributed by atoms with Gasteiger partial charge in [-0.2, -0.15) is 5.10 Å². The summed E-state index contributed by atoms with van der Waals surface area (Å²) in [5.74, 6) is 0. The summed E-state index contributed by atoms with van der Waals surface area (Å²) in [6.45, 7) is 5.39. The van der Waals surface area contributed by atoms with E-state index in [2.05, 4.69) is 28.4 Å². The molecule has 4 heteroatoms. The van der Waals surface area contributed by atoms with Crippen LogP contribution in [0.3, 0.4) is 0 Å². The van der Waals surface area contributed by atoms with Crippen molar-refractivity contribution in [1.82, 2.24) is 15.1 Å². The molecule has 0 spiro atoms. The molecule has 0 aromatic carbocycles. The minimum absolute atomic E-state index is 0.692. The minimum atomic E-state index is 0.692. The molecule has 1 unspecified atom stereocenters. The fourth-order valence-corrected chi connectivity index (χ4v) is 2.40. The number of nitrogens with zero attached hydrogens (tertiary/aromatic N) is 3. The first-order valence-corrected chi connectivity index (χ1v) is 6.38. The zero-order valence-electron chi connectivity index (χ0n) is 9.89. The van der Waals surface area contributed by atoms with Crippen LogP contribution in [0, 0.1) is 0 Å². The van der Waals surface area contributed by atoms with Crippen molar-refractivity contribution in [1.29, 1.82) is 0 Å². The Morgan fingerprint density at radius 1 is 1.38 bits per heavy atom. The fourth-order valence-electron chi connectivity index (χ4n) is 2.40. The van der Waals surface area contributed by atoms with Gasteiger partial charge in [0, 0.05) is 37.9 Å². The van der Waals surface area contributed by atoms with E-state index >= 15 is 0 Å². The van der Waals surface area contributed by atoms with Gasteiger partial charge in [-0.1, -0.05) is 0 Å². The molecule has 4 nitrogen and oxygen atoms in total. The average Bonchev–Trinajstić information content (AvgIpc) is 2.83. The third kappa shape index (κ3) is 2.07. The Labute approximate surface area is 96.6 Å². The standard InChI is InChI=1S/C12H20N4/c1-2-16-9-12(7-13-16)15-6-5-11(8-15)14-10-3-4-10/h7,9-11,14H,2-6,8H2,1H3. The van der Waals surface area contributed by atoms with Crippen LogP contribution in [0.15, 0.2) is 12.4 Å². The lowest BCUT2D eigenvalue weighted by Gasteiger charge is -2.16. The van der Waals surface area contributed by atoms with Gasteiger partial charge >= 0.3 is 0 Å². The fraction of sp³-hybridized carbons (Fsp3) is 0.750. The van der Waals surface area contributed by atoms with E-state index < -0.39 is 0 Å². The highest BCUT2D eigenvalue weighted by atomic mass is 15.3. The van der Waals surface area contributed by atoms with Crippen molar-refractivity contribution < 1.29 is 0 Å². The Hall–Kier alpha value is -1.03. The minimum Gasteiger partial charge on any atom is -0.367 e. The molecule has 1 aromatic heterocycles. The number of anilines is 1. The first-order valence-electron chi connectivity index (χ1n) is 6.38. The first kappa shape index (κ1) is 10.1. The monoisotopic (exact) mass is 220 g/mol. The van der Waals surface area contributed by atoms with Crippen molar-refractivity contribution in [3.63, 3.8) is 0 Å². The van der Waals surface area contributed by atoms with Gasteiger partial charge in [-0.3, -0.25) is 4.68 Å². The maximum atomic E-state index is 4.33. The van der Waals surface area contributed by atoms with Crippen LogP contribution in [0.2, 0.25) is 0 Å². The zero-order valence-corrected chi connectivity index (χ0v) is 9.89. The molecule has 1 atom stereocenters. The van der Waals surface area contributed by atoms with Crippen molar-refractivity contribution >= 4 is 5.69 Å². The molecule has 1 saturated carbocycles. The Kier molecular flexibility index (Phi) is 2.59. The lowest BCUT2D eigenvalue weighted by Crippen LogP contribution is -2.33. The second-order valence-corrected chi connectivity index (χ2v) is 4.93. The average molecular weight is 220 g/mol. The highest BCUT2D eigenvalue weighted by Gasteiger charge is 2.29. The summed E-state index contributed by atoms with van der Waals surface area (Å²) in [4.78, 5) is 2.44. The summed E-state index contributed by atoms with van der Waals surface area (Å²) >= 11 is 0. The SMILES string of the molecule is CCn1cc(N2CCC(NC3CC3)C2)cn1. The summed E-state index contributed by atoms with van der Waals surface area (Å²) in [7, 11) is 0. The predicted octanol–water partition coefficient (Wildman–Crippen LogP) is 1.23. The van der Waals surface area contributed by atoms with Gasteiger partial charge in [-0.25, -0.2) is 0 Å². The lowest BCUT2D eigenvalue weighted by molar-refractivity contribution is 0.548. The molecule has 1 aromatic rings. The van der Waals surface area contributed by atoms with Crippen LogP contribution in [-0.2, 0) is 6.54 Å². The van der Waals surface area contributed by atoms with Crippen LogP contribution < -0.4 is 10.2 Å². The molecule has 2 fully saturated rings. The smallest absolute Gasteiger partial charge is 0.0753 e. The topological polar surface area (TPSA) is 33.1 Å². The number of rotatable bonds is 4. The molecule has 1 aliphatic carbocycles. The van der Waals surface area contributed by atoms with Gasteiger partial charge in [0.05, 0.1) is 11.9 Å². The van der Waals surface area contributed by atoms with E-state index in [1.807, 2.05) is 10.9 Å². The first-order chi connectivity index (χ1) is 7.85. The molecule has 2 heterocycles. The van der Waals surface area contributed by atoms with Gasteiger partial charge in [0.2, 0.25) is 0 Å². The van der Waals surface area contributed by atoms with Crippen molar-refractivity contribution in [2.24, 2.45) is 0 Å². The summed E-state index contributed by atoms with van der Waals surface area (Å²) in [5, 5.41) is 8.04. The number of hydrogen-bond donors (Lipinski definition) is 1. The Morgan fingerprint density at radius 3 is 2.94 bits per heavy atom. The van der Waals surface area contributed by atoms with E-state index in [1.165, 1.54) is 31.5 Å². The van der Waals surface area contributed by atoms with Crippen molar-refractivity contribution in [2.45, 2.75) is 44.8 Å². The molecule has 16 heavy (non-hydrogen) atoms. The molecule has 1 N–H and O–H groups in total. The number of hydrogen-bond acceptors (Lipinski definition) is 3. The van der Waals surface area contributed by atoms with E-state index in [9.17, 15) is 0 Å². The Bertz CT molecular complexity index is 356. The number of aryl methyl sites for hydroxylation is 1. The van der Waals surface area contributed by atoms with Crippen LogP contribution in [0.25, 0.3) is 0 Å². The predicted molar refractivity (Wildman–Crippen MR) is 64.7 cm³/mol. The molecular formula is C12H20N4. The van der Waals surface area contributed by atoms with Gasteiger partial charge in [0.1, 0.15) is 0 Å². The largest absolute Gasteiger partial charge is 0.367 e. The van der Waals surface area contributed by atoms with Gasteiger partial charge in [-0.05, 0) is 26.2 Å². The molecule has 2 aliphatic rings.